The molecule has 2 saturated heterocycles. The minimum Gasteiger partial charge on any atom is -0.494 e. The summed E-state index contributed by atoms with van der Waals surface area (Å²) >= 11 is 0. The number of anilines is 1. The number of hydrogen-bond acceptors (Lipinski definition) is 8. The maximum atomic E-state index is 14.9. The van der Waals surface area contributed by atoms with Crippen LogP contribution in [0.5, 0.6) is 5.75 Å². The Labute approximate surface area is 210 Å². The van der Waals surface area contributed by atoms with Crippen molar-refractivity contribution in [2.45, 2.75) is 18.5 Å². The molecule has 6 rings (SSSR count). The summed E-state index contributed by atoms with van der Waals surface area (Å²) in [7, 11) is 1.32. The Morgan fingerprint density at radius 2 is 2.03 bits per heavy atom. The lowest BCUT2D eigenvalue weighted by Crippen LogP contribution is -2.52. The number of nitrogens with zero attached hydrogens (tertiary/aromatic N) is 3. The van der Waals surface area contributed by atoms with Crippen LogP contribution in [0.15, 0.2) is 34.7 Å². The molecule has 1 atom stereocenters. The molecule has 0 aliphatic carbocycles. The van der Waals surface area contributed by atoms with Crippen LogP contribution >= 0.6 is 0 Å². The topological polar surface area (TPSA) is 129 Å². The van der Waals surface area contributed by atoms with E-state index in [1.807, 2.05) is 6.07 Å². The molecule has 3 aromatic rings. The van der Waals surface area contributed by atoms with Crippen molar-refractivity contribution in [1.29, 1.82) is 0 Å². The Hall–Kier alpha value is -4.19. The normalized spacial score (nSPS) is 21.7. The summed E-state index contributed by atoms with van der Waals surface area (Å²) in [5.41, 5.74) is -0.396. The molecule has 37 heavy (non-hydrogen) atoms. The summed E-state index contributed by atoms with van der Waals surface area (Å²) < 4.78 is 25.9. The van der Waals surface area contributed by atoms with E-state index in [1.54, 1.807) is 18.2 Å². The van der Waals surface area contributed by atoms with E-state index < -0.39 is 29.2 Å². The van der Waals surface area contributed by atoms with E-state index in [1.165, 1.54) is 18.1 Å². The highest BCUT2D eigenvalue weighted by molar-refractivity contribution is 6.08. The van der Waals surface area contributed by atoms with Crippen molar-refractivity contribution in [3.05, 3.63) is 53.0 Å². The van der Waals surface area contributed by atoms with Gasteiger partial charge in [0.25, 0.3) is 11.8 Å². The summed E-state index contributed by atoms with van der Waals surface area (Å²) in [5, 5.41) is 8.24. The molecule has 1 unspecified atom stereocenters. The second-order valence-electron chi connectivity index (χ2n) is 9.34. The van der Waals surface area contributed by atoms with Gasteiger partial charge in [0.2, 0.25) is 0 Å². The van der Waals surface area contributed by atoms with Crippen LogP contribution in [0.3, 0.4) is 0 Å². The second-order valence-corrected chi connectivity index (χ2v) is 9.34. The van der Waals surface area contributed by atoms with Gasteiger partial charge in [0.05, 0.1) is 19.2 Å². The van der Waals surface area contributed by atoms with Crippen molar-refractivity contribution in [1.82, 2.24) is 25.8 Å². The molecule has 0 radical (unpaired) electrons. The van der Waals surface area contributed by atoms with Crippen LogP contribution in [0, 0.1) is 5.82 Å². The number of ether oxygens (including phenoxy) is 1. The molecule has 192 valence electrons. The molecule has 2 fully saturated rings. The van der Waals surface area contributed by atoms with Crippen LogP contribution in [-0.4, -0.2) is 67.6 Å². The number of pyridine rings is 1. The quantitative estimate of drug-likeness (QED) is 0.442. The molecule has 2 aromatic heterocycles. The first-order valence-corrected chi connectivity index (χ1v) is 12.0. The molecule has 11 nitrogen and oxygen atoms in total. The van der Waals surface area contributed by atoms with Crippen molar-refractivity contribution in [2.75, 3.05) is 44.7 Å². The predicted molar refractivity (Wildman–Crippen MR) is 130 cm³/mol. The van der Waals surface area contributed by atoms with Gasteiger partial charge < -0.3 is 29.6 Å². The Kier molecular flexibility index (Phi) is 5.48. The molecule has 12 heteroatoms. The van der Waals surface area contributed by atoms with Crippen LogP contribution in [-0.2, 0) is 16.9 Å². The van der Waals surface area contributed by atoms with Crippen molar-refractivity contribution in [3.8, 4) is 5.75 Å². The number of imide groups is 1. The van der Waals surface area contributed by atoms with Crippen molar-refractivity contribution < 1.29 is 27.9 Å². The summed E-state index contributed by atoms with van der Waals surface area (Å²) in [6.45, 7) is 3.27. The largest absolute Gasteiger partial charge is 0.494 e. The summed E-state index contributed by atoms with van der Waals surface area (Å²) in [4.78, 5) is 46.8. The third kappa shape index (κ3) is 3.75. The van der Waals surface area contributed by atoms with E-state index in [0.717, 1.165) is 38.4 Å². The van der Waals surface area contributed by atoms with Gasteiger partial charge in [-0.2, -0.15) is 0 Å². The smallest absolute Gasteiger partial charge is 0.322 e. The third-order valence-corrected chi connectivity index (χ3v) is 7.09. The molecule has 3 aliphatic rings. The average molecular weight is 509 g/mol. The zero-order valence-corrected chi connectivity index (χ0v) is 20.1. The molecule has 4 amide bonds. The lowest BCUT2D eigenvalue weighted by atomic mass is 9.95. The van der Waals surface area contributed by atoms with Crippen LogP contribution < -0.4 is 25.6 Å². The number of aromatic nitrogens is 1. The van der Waals surface area contributed by atoms with E-state index in [-0.39, 0.29) is 30.2 Å². The number of amides is 4. The van der Waals surface area contributed by atoms with Gasteiger partial charge in [-0.1, -0.05) is 6.07 Å². The first-order chi connectivity index (χ1) is 17.9. The molecule has 0 spiro atoms. The third-order valence-electron chi connectivity index (χ3n) is 7.09. The average Bonchev–Trinajstić information content (AvgIpc) is 3.44. The van der Waals surface area contributed by atoms with Crippen LogP contribution in [0.4, 0.5) is 15.0 Å². The Morgan fingerprint density at radius 3 is 2.81 bits per heavy atom. The molecule has 0 saturated carbocycles. The van der Waals surface area contributed by atoms with Gasteiger partial charge in [0.1, 0.15) is 17.1 Å². The SMILES string of the molecule is COc1ccc2c(c1F)C(=O)N(CC1(c3cc4nc(N5CCCNCC5)ccc4o3)NC(=O)NC1=O)C2. The number of benzene rings is 1. The van der Waals surface area contributed by atoms with Crippen molar-refractivity contribution in [3.63, 3.8) is 0 Å². The number of rotatable bonds is 5. The fourth-order valence-corrected chi connectivity index (χ4v) is 5.20. The van der Waals surface area contributed by atoms with Crippen LogP contribution in [0.2, 0.25) is 0 Å². The number of fused-ring (bicyclic) bond motifs is 2. The standard InChI is InChI=1S/C25H25FN6O5/c1-36-17-4-3-14-12-32(22(33)20(14)21(17)26)13-25(23(34)29-24(35)30-25)18-11-15-16(37-18)5-6-19(28-15)31-9-2-7-27-8-10-31/h3-6,11,27H,2,7-10,12-13H2,1H3,(H2,29,30,34,35). The number of methoxy groups -OCH3 is 1. The van der Waals surface area contributed by atoms with Gasteiger partial charge in [0.15, 0.2) is 22.7 Å². The maximum absolute atomic E-state index is 14.9. The lowest BCUT2D eigenvalue weighted by molar-refractivity contribution is -0.125. The van der Waals surface area contributed by atoms with Gasteiger partial charge in [-0.15, -0.1) is 0 Å². The number of halogens is 1. The highest BCUT2D eigenvalue weighted by Gasteiger charge is 2.53. The lowest BCUT2D eigenvalue weighted by Gasteiger charge is -2.28. The molecule has 1 aromatic carbocycles. The second kappa shape index (κ2) is 8.73. The van der Waals surface area contributed by atoms with Gasteiger partial charge >= 0.3 is 6.03 Å². The number of hydrogen-bond donors (Lipinski definition) is 3. The Morgan fingerprint density at radius 1 is 1.16 bits per heavy atom. The molecule has 5 heterocycles. The molecule has 3 N–H and O–H groups in total. The Bertz CT molecular complexity index is 1430. The fraction of sp³-hybridized carbons (Fsp3) is 0.360. The molecule has 0 bridgehead atoms. The van der Waals surface area contributed by atoms with Crippen LogP contribution in [0.1, 0.15) is 28.1 Å². The van der Waals surface area contributed by atoms with Gasteiger partial charge in [-0.25, -0.2) is 14.2 Å². The summed E-state index contributed by atoms with van der Waals surface area (Å²) in [5.74, 6) is -1.16. The number of furan rings is 1. The maximum Gasteiger partial charge on any atom is 0.322 e. The molecular formula is C25H25FN6O5. The van der Waals surface area contributed by atoms with E-state index in [9.17, 15) is 18.8 Å². The summed E-state index contributed by atoms with van der Waals surface area (Å²) in [6.07, 6.45) is 0.990. The monoisotopic (exact) mass is 508 g/mol. The number of carbonyl (C=O) groups excluding carboxylic acids is 3. The van der Waals surface area contributed by atoms with E-state index in [2.05, 4.69) is 20.9 Å². The van der Waals surface area contributed by atoms with Crippen molar-refractivity contribution >= 4 is 34.8 Å². The summed E-state index contributed by atoms with van der Waals surface area (Å²) in [6, 6.07) is 7.59. The molecular weight excluding hydrogens is 483 g/mol. The van der Waals surface area contributed by atoms with Gasteiger partial charge in [-0.05, 0) is 36.7 Å². The van der Waals surface area contributed by atoms with E-state index >= 15 is 0 Å². The highest BCUT2D eigenvalue weighted by Crippen LogP contribution is 2.36. The first-order valence-electron chi connectivity index (χ1n) is 12.0. The molecule has 3 aliphatic heterocycles. The minimum atomic E-state index is -1.71. The minimum absolute atomic E-state index is 0.0464. The fourth-order valence-electron chi connectivity index (χ4n) is 5.20. The van der Waals surface area contributed by atoms with Crippen molar-refractivity contribution in [2.24, 2.45) is 0 Å². The number of nitrogens with one attached hydrogen (secondary N) is 3. The van der Waals surface area contributed by atoms with Gasteiger partial charge in [0, 0.05) is 32.2 Å². The number of carbonyl (C=O) groups is 3. The van der Waals surface area contributed by atoms with Crippen LogP contribution in [0.25, 0.3) is 11.1 Å². The number of urea groups is 1. The highest BCUT2D eigenvalue weighted by atomic mass is 19.1. The van der Waals surface area contributed by atoms with Gasteiger partial charge in [-0.3, -0.25) is 14.9 Å². The van der Waals surface area contributed by atoms with E-state index in [4.69, 9.17) is 14.1 Å². The predicted octanol–water partition coefficient (Wildman–Crippen LogP) is 1.47. The zero-order chi connectivity index (χ0) is 25.7. The zero-order valence-electron chi connectivity index (χ0n) is 20.1. The first kappa shape index (κ1) is 23.2. The van der Waals surface area contributed by atoms with E-state index in [0.29, 0.717) is 16.7 Å². The Balaban J connectivity index is 1.35.